The van der Waals surface area contributed by atoms with Gasteiger partial charge in [-0.1, -0.05) is 30.3 Å². The van der Waals surface area contributed by atoms with E-state index in [2.05, 4.69) is 15.5 Å². The van der Waals surface area contributed by atoms with E-state index in [0.717, 1.165) is 16.6 Å². The minimum atomic E-state index is -0.321. The van der Waals surface area contributed by atoms with Crippen LogP contribution in [-0.4, -0.2) is 22.2 Å². The summed E-state index contributed by atoms with van der Waals surface area (Å²) in [5.41, 5.74) is 5.06. The van der Waals surface area contributed by atoms with E-state index in [4.69, 9.17) is 0 Å². The molecular weight excluding hydrogens is 290 g/mol. The maximum atomic E-state index is 12.4. The summed E-state index contributed by atoms with van der Waals surface area (Å²) in [6.07, 6.45) is 1.41. The third-order valence-corrected chi connectivity index (χ3v) is 3.40. The normalized spacial score (nSPS) is 11.0. The topological polar surface area (TPSA) is 74.6 Å². The molecule has 114 valence electrons. The molecule has 2 N–H and O–H groups in total. The van der Waals surface area contributed by atoms with E-state index in [0.29, 0.717) is 11.1 Å². The Balaban J connectivity index is 1.86. The van der Waals surface area contributed by atoms with Gasteiger partial charge in [0.05, 0.1) is 17.3 Å². The Hall–Kier alpha value is -3.21. The second-order valence-electron chi connectivity index (χ2n) is 5.09. The Kier molecular flexibility index (Phi) is 4.01. The molecule has 0 aliphatic rings. The molecule has 5 nitrogen and oxygen atoms in total. The van der Waals surface area contributed by atoms with Crippen molar-refractivity contribution in [3.63, 3.8) is 0 Å². The number of para-hydroxylation sites is 2. The van der Waals surface area contributed by atoms with Crippen LogP contribution in [0.2, 0.25) is 0 Å². The van der Waals surface area contributed by atoms with Gasteiger partial charge in [0.2, 0.25) is 0 Å². The van der Waals surface area contributed by atoms with Gasteiger partial charge < -0.3 is 5.11 Å². The van der Waals surface area contributed by atoms with Gasteiger partial charge in [0.1, 0.15) is 5.75 Å². The molecule has 0 aliphatic heterocycles. The van der Waals surface area contributed by atoms with Crippen molar-refractivity contribution in [2.45, 2.75) is 6.92 Å². The number of aromatic hydroxyl groups is 1. The number of fused-ring (bicyclic) bond motifs is 1. The van der Waals surface area contributed by atoms with Crippen LogP contribution in [0.1, 0.15) is 21.6 Å². The van der Waals surface area contributed by atoms with Crippen molar-refractivity contribution >= 4 is 23.0 Å². The van der Waals surface area contributed by atoms with Crippen molar-refractivity contribution in [3.8, 4) is 5.75 Å². The zero-order valence-electron chi connectivity index (χ0n) is 12.5. The number of nitrogens with zero attached hydrogens (tertiary/aromatic N) is 2. The highest BCUT2D eigenvalue weighted by Gasteiger charge is 2.11. The summed E-state index contributed by atoms with van der Waals surface area (Å²) < 4.78 is 0. The van der Waals surface area contributed by atoms with Crippen molar-refractivity contribution in [2.24, 2.45) is 5.10 Å². The Labute approximate surface area is 133 Å². The summed E-state index contributed by atoms with van der Waals surface area (Å²) in [4.78, 5) is 16.8. The molecule has 1 heterocycles. The van der Waals surface area contributed by atoms with E-state index in [1.165, 1.54) is 6.21 Å². The Morgan fingerprint density at radius 3 is 2.74 bits per heavy atom. The van der Waals surface area contributed by atoms with E-state index < -0.39 is 0 Å². The molecule has 0 bridgehead atoms. The molecule has 0 unspecified atom stereocenters. The van der Waals surface area contributed by atoms with E-state index in [1.807, 2.05) is 31.2 Å². The largest absolute Gasteiger partial charge is 0.507 e. The Bertz CT molecular complexity index is 904. The predicted octanol–water partition coefficient (Wildman–Crippen LogP) is 3.01. The second-order valence-corrected chi connectivity index (χ2v) is 5.09. The number of nitrogens with one attached hydrogen (secondary N) is 1. The molecule has 23 heavy (non-hydrogen) atoms. The number of amides is 1. The number of aryl methyl sites for hydroxylation is 1. The smallest absolute Gasteiger partial charge is 0.272 e. The first-order chi connectivity index (χ1) is 11.1. The molecule has 1 amide bonds. The maximum Gasteiger partial charge on any atom is 0.272 e. The van der Waals surface area contributed by atoms with E-state index in [-0.39, 0.29) is 11.7 Å². The van der Waals surface area contributed by atoms with Crippen molar-refractivity contribution < 1.29 is 9.90 Å². The predicted molar refractivity (Wildman–Crippen MR) is 89.6 cm³/mol. The zero-order chi connectivity index (χ0) is 16.2. The van der Waals surface area contributed by atoms with E-state index in [9.17, 15) is 9.90 Å². The highest BCUT2D eigenvalue weighted by atomic mass is 16.3. The molecule has 3 rings (SSSR count). The summed E-state index contributed by atoms with van der Waals surface area (Å²) in [5, 5.41) is 14.3. The summed E-state index contributed by atoms with van der Waals surface area (Å²) in [6.45, 7) is 1.84. The number of phenols is 1. The first-order valence-electron chi connectivity index (χ1n) is 7.13. The number of hydrogen-bond donors (Lipinski definition) is 2. The van der Waals surface area contributed by atoms with Gasteiger partial charge in [0.15, 0.2) is 0 Å². The van der Waals surface area contributed by atoms with Crippen LogP contribution < -0.4 is 5.43 Å². The number of phenolic OH excluding ortho intramolecular Hbond substituents is 1. The summed E-state index contributed by atoms with van der Waals surface area (Å²) >= 11 is 0. The molecule has 0 fully saturated rings. The van der Waals surface area contributed by atoms with Crippen molar-refractivity contribution in [3.05, 3.63) is 71.4 Å². The molecule has 3 aromatic rings. The third kappa shape index (κ3) is 3.18. The van der Waals surface area contributed by atoms with Gasteiger partial charge in [-0.3, -0.25) is 9.78 Å². The minimum absolute atomic E-state index is 0.107. The van der Waals surface area contributed by atoms with Crippen LogP contribution in [0.25, 0.3) is 10.9 Å². The molecule has 0 saturated carbocycles. The maximum absolute atomic E-state index is 12.4. The quantitative estimate of drug-likeness (QED) is 0.577. The fraction of sp³-hybridized carbons (Fsp3) is 0.0556. The number of benzene rings is 2. The molecule has 0 saturated heterocycles. The van der Waals surface area contributed by atoms with Crippen molar-refractivity contribution in [2.75, 3.05) is 0 Å². The van der Waals surface area contributed by atoms with Crippen LogP contribution in [0.15, 0.2) is 59.7 Å². The fourth-order valence-electron chi connectivity index (χ4n) is 2.31. The van der Waals surface area contributed by atoms with Gasteiger partial charge >= 0.3 is 0 Å². The summed E-state index contributed by atoms with van der Waals surface area (Å²) in [7, 11) is 0. The average molecular weight is 305 g/mol. The lowest BCUT2D eigenvalue weighted by Crippen LogP contribution is -2.18. The summed E-state index contributed by atoms with van der Waals surface area (Å²) in [5.74, 6) is -0.214. The van der Waals surface area contributed by atoms with Gasteiger partial charge in [-0.05, 0) is 31.2 Å². The number of carbonyl (C=O) groups is 1. The first kappa shape index (κ1) is 14.7. The second kappa shape index (κ2) is 6.27. The first-order valence-corrected chi connectivity index (χ1v) is 7.13. The van der Waals surface area contributed by atoms with Crippen molar-refractivity contribution in [1.82, 2.24) is 10.4 Å². The monoisotopic (exact) mass is 305 g/mol. The highest BCUT2D eigenvalue weighted by Crippen LogP contribution is 2.18. The minimum Gasteiger partial charge on any atom is -0.507 e. The number of rotatable bonds is 3. The lowest BCUT2D eigenvalue weighted by atomic mass is 10.1. The van der Waals surface area contributed by atoms with Crippen LogP contribution in [0.5, 0.6) is 5.75 Å². The SMILES string of the molecule is Cc1cc(C(=O)N/N=C\c2ccccc2O)c2ccccc2n1. The Morgan fingerprint density at radius 2 is 1.91 bits per heavy atom. The van der Waals surface area contributed by atoms with Crippen LogP contribution in [0.4, 0.5) is 0 Å². The van der Waals surface area contributed by atoms with Gasteiger partial charge in [-0.25, -0.2) is 5.43 Å². The Morgan fingerprint density at radius 1 is 1.17 bits per heavy atom. The number of hydrogen-bond acceptors (Lipinski definition) is 4. The molecule has 1 aromatic heterocycles. The zero-order valence-corrected chi connectivity index (χ0v) is 12.5. The standard InChI is InChI=1S/C18H15N3O2/c1-12-10-15(14-7-3-4-8-16(14)20-12)18(23)21-19-11-13-6-2-5-9-17(13)22/h2-11,22H,1H3,(H,21,23)/b19-11-. The van der Waals surface area contributed by atoms with E-state index in [1.54, 1.807) is 30.3 Å². The molecule has 5 heteroatoms. The average Bonchev–Trinajstić information content (AvgIpc) is 2.55. The molecule has 0 radical (unpaired) electrons. The lowest BCUT2D eigenvalue weighted by molar-refractivity contribution is 0.0956. The number of hydrazone groups is 1. The molecule has 0 aliphatic carbocycles. The summed E-state index contributed by atoms with van der Waals surface area (Å²) in [6, 6.07) is 16.0. The van der Waals surface area contributed by atoms with Gasteiger partial charge in [-0.15, -0.1) is 0 Å². The lowest BCUT2D eigenvalue weighted by Gasteiger charge is -2.06. The number of pyridine rings is 1. The fourth-order valence-corrected chi connectivity index (χ4v) is 2.31. The van der Waals surface area contributed by atoms with Crippen molar-refractivity contribution in [1.29, 1.82) is 0 Å². The molecular formula is C18H15N3O2. The van der Waals surface area contributed by atoms with Crippen LogP contribution in [-0.2, 0) is 0 Å². The highest BCUT2D eigenvalue weighted by molar-refractivity contribution is 6.06. The van der Waals surface area contributed by atoms with Crippen LogP contribution in [0, 0.1) is 6.92 Å². The number of aromatic nitrogens is 1. The van der Waals surface area contributed by atoms with Gasteiger partial charge in [0.25, 0.3) is 5.91 Å². The molecule has 0 atom stereocenters. The molecule has 2 aromatic carbocycles. The molecule has 0 spiro atoms. The van der Waals surface area contributed by atoms with Gasteiger partial charge in [-0.2, -0.15) is 5.10 Å². The number of carbonyl (C=O) groups excluding carboxylic acids is 1. The van der Waals surface area contributed by atoms with Crippen LogP contribution >= 0.6 is 0 Å². The third-order valence-electron chi connectivity index (χ3n) is 3.40. The van der Waals surface area contributed by atoms with Crippen LogP contribution in [0.3, 0.4) is 0 Å². The van der Waals surface area contributed by atoms with E-state index >= 15 is 0 Å². The van der Waals surface area contributed by atoms with Gasteiger partial charge in [0, 0.05) is 16.6 Å².